The first-order chi connectivity index (χ1) is 14.0. The number of hydrogen-bond acceptors (Lipinski definition) is 7. The second kappa shape index (κ2) is 9.13. The highest BCUT2D eigenvalue weighted by Crippen LogP contribution is 2.32. The summed E-state index contributed by atoms with van der Waals surface area (Å²) >= 11 is 0. The number of rotatable bonds is 7. The lowest BCUT2D eigenvalue weighted by Gasteiger charge is -2.28. The molecule has 0 saturated heterocycles. The summed E-state index contributed by atoms with van der Waals surface area (Å²) < 4.78 is 20.8. The quantitative estimate of drug-likeness (QED) is 0.529. The van der Waals surface area contributed by atoms with E-state index < -0.39 is 24.0 Å². The molecule has 0 bridgehead atoms. The first-order valence-corrected chi connectivity index (χ1v) is 9.24. The van der Waals surface area contributed by atoms with Crippen LogP contribution in [0.1, 0.15) is 25.8 Å². The molecule has 0 aromatic heterocycles. The van der Waals surface area contributed by atoms with E-state index in [-0.39, 0.29) is 31.3 Å². The largest absolute Gasteiger partial charge is 0.463 e. The number of carbonyl (C=O) groups excluding carboxylic acids is 3. The van der Waals surface area contributed by atoms with E-state index in [1.165, 1.54) is 6.08 Å². The summed E-state index contributed by atoms with van der Waals surface area (Å²) in [7, 11) is 0. The van der Waals surface area contributed by atoms with E-state index in [0.717, 1.165) is 5.56 Å². The van der Waals surface area contributed by atoms with E-state index in [1.807, 2.05) is 6.92 Å². The minimum atomic E-state index is -0.626. The molecule has 0 saturated carbocycles. The van der Waals surface area contributed by atoms with Crippen LogP contribution in [-0.2, 0) is 19.1 Å². The topological polar surface area (TPSA) is 112 Å². The molecule has 0 spiro atoms. The van der Waals surface area contributed by atoms with Gasteiger partial charge in [0, 0.05) is 6.08 Å². The van der Waals surface area contributed by atoms with Gasteiger partial charge in [-0.15, -0.1) is 0 Å². The summed E-state index contributed by atoms with van der Waals surface area (Å²) in [6.07, 6.45) is 3.31. The van der Waals surface area contributed by atoms with Gasteiger partial charge in [-0.25, -0.2) is 14.4 Å². The Kier molecular flexibility index (Phi) is 6.38. The predicted octanol–water partition coefficient (Wildman–Crippen LogP) is 1.88. The number of nitrogens with one attached hydrogen (secondary N) is 2. The van der Waals surface area contributed by atoms with Gasteiger partial charge in [-0.1, -0.05) is 13.0 Å². The van der Waals surface area contributed by atoms with Crippen molar-refractivity contribution < 1.29 is 33.3 Å². The van der Waals surface area contributed by atoms with E-state index in [1.54, 1.807) is 31.2 Å². The van der Waals surface area contributed by atoms with Gasteiger partial charge < -0.3 is 29.6 Å². The molecule has 9 nitrogen and oxygen atoms in total. The minimum absolute atomic E-state index is 0.168. The number of ether oxygens (including phenoxy) is 4. The number of hydrogen-bond donors (Lipinski definition) is 2. The van der Waals surface area contributed by atoms with Crippen molar-refractivity contribution >= 4 is 24.0 Å². The fourth-order valence-electron chi connectivity index (χ4n) is 2.95. The third kappa shape index (κ3) is 4.87. The molecule has 1 aromatic carbocycles. The first kappa shape index (κ1) is 20.2. The molecule has 0 aliphatic carbocycles. The Balaban J connectivity index is 1.67. The van der Waals surface area contributed by atoms with Gasteiger partial charge >= 0.3 is 18.0 Å². The average molecular weight is 402 g/mol. The lowest BCUT2D eigenvalue weighted by atomic mass is 10.0. The number of fused-ring (bicyclic) bond motifs is 1. The minimum Gasteiger partial charge on any atom is -0.463 e. The fraction of sp³-hybridized carbons (Fsp3) is 0.350. The van der Waals surface area contributed by atoms with Crippen LogP contribution in [0.15, 0.2) is 35.5 Å². The summed E-state index contributed by atoms with van der Waals surface area (Å²) in [4.78, 5) is 36.2. The molecule has 0 radical (unpaired) electrons. The number of amides is 2. The third-order valence-corrected chi connectivity index (χ3v) is 4.31. The zero-order chi connectivity index (χ0) is 20.8. The van der Waals surface area contributed by atoms with E-state index in [2.05, 4.69) is 10.6 Å². The van der Waals surface area contributed by atoms with Crippen LogP contribution < -0.4 is 20.1 Å². The standard InChI is InChI=1S/C20H22N2O7/c1-3-13-18(19(24)26-4-2)14(22-20(25)21-13)10-27-17(23)8-6-12-5-7-15-16(9-12)29-11-28-15/h5-9,13H,3-4,10-11H2,1-2H3,(H2,21,22,25)/b8-6+/t13-/m1/s1. The van der Waals surface area contributed by atoms with Crippen molar-refractivity contribution in [3.05, 3.63) is 41.1 Å². The number of benzene rings is 1. The molecule has 2 N–H and O–H groups in total. The molecule has 154 valence electrons. The molecule has 1 atom stereocenters. The molecular formula is C20H22N2O7. The second-order valence-electron chi connectivity index (χ2n) is 6.23. The summed E-state index contributed by atoms with van der Waals surface area (Å²) in [6.45, 7) is 3.62. The highest BCUT2D eigenvalue weighted by atomic mass is 16.7. The van der Waals surface area contributed by atoms with Crippen molar-refractivity contribution in [3.8, 4) is 11.5 Å². The Hall–Kier alpha value is -3.49. The monoisotopic (exact) mass is 402 g/mol. The average Bonchev–Trinajstić information content (AvgIpc) is 3.18. The van der Waals surface area contributed by atoms with Crippen molar-refractivity contribution in [1.29, 1.82) is 0 Å². The molecule has 2 heterocycles. The van der Waals surface area contributed by atoms with Crippen LogP contribution in [0.3, 0.4) is 0 Å². The summed E-state index contributed by atoms with van der Waals surface area (Å²) in [5.74, 6) is 0.0658. The van der Waals surface area contributed by atoms with Crippen LogP contribution in [0.5, 0.6) is 11.5 Å². The Bertz CT molecular complexity index is 876. The first-order valence-electron chi connectivity index (χ1n) is 9.24. The van der Waals surface area contributed by atoms with Crippen LogP contribution >= 0.6 is 0 Å². The highest BCUT2D eigenvalue weighted by Gasteiger charge is 2.31. The SMILES string of the molecule is CCOC(=O)C1=C(COC(=O)/C=C/c2ccc3c(c2)OCO3)NC(=O)N[C@@H]1CC. The number of urea groups is 1. The van der Waals surface area contributed by atoms with Crippen LogP contribution in [0.2, 0.25) is 0 Å². The van der Waals surface area contributed by atoms with Crippen molar-refractivity contribution in [1.82, 2.24) is 10.6 Å². The molecule has 2 aliphatic heterocycles. The Morgan fingerprint density at radius 3 is 2.76 bits per heavy atom. The third-order valence-electron chi connectivity index (χ3n) is 4.31. The van der Waals surface area contributed by atoms with E-state index in [0.29, 0.717) is 17.9 Å². The molecular weight excluding hydrogens is 380 g/mol. The molecule has 9 heteroatoms. The molecule has 0 fully saturated rings. The van der Waals surface area contributed by atoms with E-state index >= 15 is 0 Å². The predicted molar refractivity (Wildman–Crippen MR) is 102 cm³/mol. The molecule has 3 rings (SSSR count). The maximum absolute atomic E-state index is 12.3. The van der Waals surface area contributed by atoms with E-state index in [9.17, 15) is 14.4 Å². The van der Waals surface area contributed by atoms with Gasteiger partial charge in [-0.3, -0.25) is 0 Å². The summed E-state index contributed by atoms with van der Waals surface area (Å²) in [5.41, 5.74) is 1.20. The van der Waals surface area contributed by atoms with Gasteiger partial charge in [0.25, 0.3) is 0 Å². The number of esters is 2. The van der Waals surface area contributed by atoms with Gasteiger partial charge in [0.2, 0.25) is 6.79 Å². The van der Waals surface area contributed by atoms with Crippen molar-refractivity contribution in [2.45, 2.75) is 26.3 Å². The van der Waals surface area contributed by atoms with Gasteiger partial charge in [-0.05, 0) is 37.1 Å². The maximum Gasteiger partial charge on any atom is 0.338 e. The smallest absolute Gasteiger partial charge is 0.338 e. The molecule has 0 unspecified atom stereocenters. The Morgan fingerprint density at radius 2 is 2.00 bits per heavy atom. The Labute approximate surface area is 167 Å². The van der Waals surface area contributed by atoms with Gasteiger partial charge in [0.05, 0.1) is 23.9 Å². The van der Waals surface area contributed by atoms with Crippen LogP contribution in [0.4, 0.5) is 4.79 Å². The lowest BCUT2D eigenvalue weighted by molar-refractivity contribution is -0.140. The fourth-order valence-corrected chi connectivity index (χ4v) is 2.95. The second-order valence-corrected chi connectivity index (χ2v) is 6.23. The van der Waals surface area contributed by atoms with Crippen molar-refractivity contribution in [2.24, 2.45) is 0 Å². The molecule has 1 aromatic rings. The highest BCUT2D eigenvalue weighted by molar-refractivity contribution is 5.95. The van der Waals surface area contributed by atoms with Crippen LogP contribution in [0, 0.1) is 0 Å². The van der Waals surface area contributed by atoms with E-state index in [4.69, 9.17) is 18.9 Å². The van der Waals surface area contributed by atoms with Crippen molar-refractivity contribution in [3.63, 3.8) is 0 Å². The van der Waals surface area contributed by atoms with Crippen molar-refractivity contribution in [2.75, 3.05) is 20.0 Å². The zero-order valence-electron chi connectivity index (χ0n) is 16.2. The normalized spacial score (nSPS) is 17.7. The number of carbonyl (C=O) groups is 3. The van der Waals surface area contributed by atoms with Crippen LogP contribution in [0.25, 0.3) is 6.08 Å². The maximum atomic E-state index is 12.3. The molecule has 2 amide bonds. The zero-order valence-corrected chi connectivity index (χ0v) is 16.2. The lowest BCUT2D eigenvalue weighted by Crippen LogP contribution is -2.51. The van der Waals surface area contributed by atoms with Gasteiger partial charge in [-0.2, -0.15) is 0 Å². The molecule has 2 aliphatic rings. The van der Waals surface area contributed by atoms with Crippen LogP contribution in [-0.4, -0.2) is 44.0 Å². The van der Waals surface area contributed by atoms with Gasteiger partial charge in [0.1, 0.15) is 6.61 Å². The molecule has 29 heavy (non-hydrogen) atoms. The summed E-state index contributed by atoms with van der Waals surface area (Å²) in [5, 5.41) is 5.18. The van der Waals surface area contributed by atoms with Gasteiger partial charge in [0.15, 0.2) is 11.5 Å². The Morgan fingerprint density at radius 1 is 1.21 bits per heavy atom. The summed E-state index contributed by atoms with van der Waals surface area (Å²) in [6, 6.07) is 4.29.